The van der Waals surface area contributed by atoms with Gasteiger partial charge in [-0.1, -0.05) is 77.6 Å². The van der Waals surface area contributed by atoms with Crippen LogP contribution in [0.2, 0.25) is 0 Å². The van der Waals surface area contributed by atoms with Crippen molar-refractivity contribution >= 4 is 11.9 Å². The van der Waals surface area contributed by atoms with Crippen molar-refractivity contribution in [3.63, 3.8) is 0 Å². The van der Waals surface area contributed by atoms with Gasteiger partial charge < -0.3 is 9.47 Å². The maximum absolute atomic E-state index is 11.7. The third-order valence-electron chi connectivity index (χ3n) is 4.72. The maximum Gasteiger partial charge on any atom is 0.307 e. The normalized spacial score (nSPS) is 11.4. The van der Waals surface area contributed by atoms with Crippen LogP contribution in [0.4, 0.5) is 0 Å². The second kappa shape index (κ2) is 20.2. The fraction of sp³-hybridized carbons (Fsp3) is 0.833. The van der Waals surface area contributed by atoms with Crippen molar-refractivity contribution in [1.29, 1.82) is 0 Å². The highest BCUT2D eigenvalue weighted by Crippen LogP contribution is 2.11. The van der Waals surface area contributed by atoms with Gasteiger partial charge in [-0.2, -0.15) is 0 Å². The average Bonchev–Trinajstić information content (AvgIpc) is 2.68. The van der Waals surface area contributed by atoms with Crippen LogP contribution in [0.25, 0.3) is 0 Å². The van der Waals surface area contributed by atoms with Gasteiger partial charge in [0.25, 0.3) is 0 Å². The molecule has 1 atom stereocenters. The summed E-state index contributed by atoms with van der Waals surface area (Å²) in [5, 5.41) is 0. The molecule has 0 fully saturated rings. The van der Waals surface area contributed by atoms with Crippen LogP contribution in [0.15, 0.2) is 0 Å². The van der Waals surface area contributed by atoms with Crippen LogP contribution in [-0.2, 0) is 19.1 Å². The van der Waals surface area contributed by atoms with E-state index in [2.05, 4.69) is 18.8 Å². The van der Waals surface area contributed by atoms with E-state index in [0.29, 0.717) is 19.4 Å². The summed E-state index contributed by atoms with van der Waals surface area (Å²) in [6, 6.07) is 0. The summed E-state index contributed by atoms with van der Waals surface area (Å²) in [5.41, 5.74) is 0. The summed E-state index contributed by atoms with van der Waals surface area (Å²) in [7, 11) is 0. The molecule has 0 spiro atoms. The molecular weight excluding hydrogens is 352 g/mol. The van der Waals surface area contributed by atoms with Gasteiger partial charge in [0.2, 0.25) is 0 Å². The third kappa shape index (κ3) is 17.9. The van der Waals surface area contributed by atoms with Gasteiger partial charge >= 0.3 is 11.9 Å². The van der Waals surface area contributed by atoms with E-state index < -0.39 is 0 Å². The Balaban J connectivity index is 3.41. The topological polar surface area (TPSA) is 52.6 Å². The molecule has 1 unspecified atom stereocenters. The molecule has 0 aliphatic carbocycles. The number of rotatable bonds is 18. The molecule has 4 heteroatoms. The molecule has 0 N–H and O–H groups in total. The van der Waals surface area contributed by atoms with Crippen molar-refractivity contribution in [2.24, 2.45) is 0 Å². The Bertz CT molecular complexity index is 447. The number of hydrogen-bond donors (Lipinski definition) is 0. The summed E-state index contributed by atoms with van der Waals surface area (Å²) in [6.07, 6.45) is 14.7. The van der Waals surface area contributed by atoms with Gasteiger partial charge in [-0.05, 0) is 32.6 Å². The van der Waals surface area contributed by atoms with Gasteiger partial charge in [0.05, 0.1) is 6.61 Å². The Morgan fingerprint density at radius 3 is 1.86 bits per heavy atom. The van der Waals surface area contributed by atoms with Gasteiger partial charge in [0.15, 0.2) is 6.10 Å². The molecule has 0 aromatic rings. The van der Waals surface area contributed by atoms with Crippen molar-refractivity contribution in [3.05, 3.63) is 0 Å². The van der Waals surface area contributed by atoms with E-state index in [-0.39, 0.29) is 18.0 Å². The van der Waals surface area contributed by atoms with Crippen LogP contribution in [0.3, 0.4) is 0 Å². The largest absolute Gasteiger partial charge is 0.466 e. The zero-order valence-electron chi connectivity index (χ0n) is 18.5. The highest BCUT2D eigenvalue weighted by atomic mass is 16.5. The SMILES string of the molecule is CC#CC(CC)OC(=O)CCCCCCCCC(=O)OCCCCCCCC. The van der Waals surface area contributed by atoms with E-state index in [0.717, 1.165) is 57.8 Å². The van der Waals surface area contributed by atoms with Crippen LogP contribution < -0.4 is 0 Å². The highest BCUT2D eigenvalue weighted by Gasteiger charge is 2.09. The van der Waals surface area contributed by atoms with Crippen molar-refractivity contribution in [2.45, 2.75) is 123 Å². The molecule has 0 bridgehead atoms. The van der Waals surface area contributed by atoms with Crippen LogP contribution in [0.1, 0.15) is 117 Å². The van der Waals surface area contributed by atoms with Gasteiger partial charge in [-0.15, -0.1) is 5.92 Å². The summed E-state index contributed by atoms with van der Waals surface area (Å²) in [5.74, 6) is 5.47. The molecule has 0 aromatic carbocycles. The van der Waals surface area contributed by atoms with Crippen molar-refractivity contribution < 1.29 is 19.1 Å². The zero-order valence-corrected chi connectivity index (χ0v) is 18.5. The molecular formula is C24H42O4. The molecule has 0 amide bonds. The van der Waals surface area contributed by atoms with Crippen LogP contribution in [-0.4, -0.2) is 24.6 Å². The Morgan fingerprint density at radius 1 is 0.750 bits per heavy atom. The van der Waals surface area contributed by atoms with E-state index >= 15 is 0 Å². The zero-order chi connectivity index (χ0) is 20.9. The first-order valence-corrected chi connectivity index (χ1v) is 11.4. The second-order valence-electron chi connectivity index (χ2n) is 7.39. The highest BCUT2D eigenvalue weighted by molar-refractivity contribution is 5.69. The lowest BCUT2D eigenvalue weighted by molar-refractivity contribution is -0.147. The molecule has 0 aromatic heterocycles. The molecule has 0 aliphatic heterocycles. The molecule has 0 radical (unpaired) electrons. The Kier molecular flexibility index (Phi) is 19.2. The van der Waals surface area contributed by atoms with Crippen molar-refractivity contribution in [1.82, 2.24) is 0 Å². The second-order valence-corrected chi connectivity index (χ2v) is 7.39. The molecule has 28 heavy (non-hydrogen) atoms. The molecule has 0 aliphatic rings. The van der Waals surface area contributed by atoms with Gasteiger partial charge in [0, 0.05) is 12.8 Å². The monoisotopic (exact) mass is 394 g/mol. The predicted octanol–water partition coefficient (Wildman–Crippen LogP) is 6.36. The summed E-state index contributed by atoms with van der Waals surface area (Å²) in [4.78, 5) is 23.4. The van der Waals surface area contributed by atoms with Crippen LogP contribution in [0.5, 0.6) is 0 Å². The number of unbranched alkanes of at least 4 members (excludes halogenated alkanes) is 10. The molecule has 0 heterocycles. The van der Waals surface area contributed by atoms with Crippen molar-refractivity contribution in [2.75, 3.05) is 6.61 Å². The van der Waals surface area contributed by atoms with Crippen LogP contribution in [0, 0.1) is 11.8 Å². The standard InChI is InChI=1S/C24H42O4/c1-4-7-8-9-14-17-21-27-23(25)19-15-12-10-11-13-16-20-24(26)28-22(6-3)18-5-2/h22H,4,6-17,19-21H2,1-3H3. The fourth-order valence-electron chi connectivity index (χ4n) is 2.98. The lowest BCUT2D eigenvalue weighted by Crippen LogP contribution is -2.15. The smallest absolute Gasteiger partial charge is 0.307 e. The van der Waals surface area contributed by atoms with Crippen LogP contribution >= 0.6 is 0 Å². The van der Waals surface area contributed by atoms with E-state index in [9.17, 15) is 9.59 Å². The lowest BCUT2D eigenvalue weighted by Gasteiger charge is -2.10. The number of carbonyl (C=O) groups is 2. The van der Waals surface area contributed by atoms with Gasteiger partial charge in [0.1, 0.15) is 0 Å². The number of hydrogen-bond acceptors (Lipinski definition) is 4. The number of ether oxygens (including phenoxy) is 2. The number of carbonyl (C=O) groups excluding carboxylic acids is 2. The minimum Gasteiger partial charge on any atom is -0.466 e. The predicted molar refractivity (Wildman–Crippen MR) is 115 cm³/mol. The first-order chi connectivity index (χ1) is 13.6. The minimum absolute atomic E-state index is 0.0584. The first-order valence-electron chi connectivity index (χ1n) is 11.4. The molecule has 0 saturated carbocycles. The minimum atomic E-state index is -0.265. The fourth-order valence-corrected chi connectivity index (χ4v) is 2.98. The first kappa shape index (κ1) is 26.5. The Hall–Kier alpha value is -1.50. The Morgan fingerprint density at radius 2 is 1.29 bits per heavy atom. The summed E-state index contributed by atoms with van der Waals surface area (Å²) >= 11 is 0. The molecule has 4 nitrogen and oxygen atoms in total. The van der Waals surface area contributed by atoms with Gasteiger partial charge in [-0.25, -0.2) is 0 Å². The maximum atomic E-state index is 11.7. The molecule has 0 saturated heterocycles. The van der Waals surface area contributed by atoms with Crippen molar-refractivity contribution in [3.8, 4) is 11.8 Å². The summed E-state index contributed by atoms with van der Waals surface area (Å²) in [6.45, 7) is 6.51. The molecule has 162 valence electrons. The average molecular weight is 395 g/mol. The summed E-state index contributed by atoms with van der Waals surface area (Å²) < 4.78 is 10.6. The quantitative estimate of drug-likeness (QED) is 0.154. The Labute approximate surface area is 173 Å². The third-order valence-corrected chi connectivity index (χ3v) is 4.72. The van der Waals surface area contributed by atoms with E-state index in [1.54, 1.807) is 6.92 Å². The van der Waals surface area contributed by atoms with E-state index in [1.807, 2.05) is 6.92 Å². The van der Waals surface area contributed by atoms with Gasteiger partial charge in [-0.3, -0.25) is 9.59 Å². The number of esters is 2. The lowest BCUT2D eigenvalue weighted by atomic mass is 10.1. The van der Waals surface area contributed by atoms with E-state index in [4.69, 9.17) is 9.47 Å². The van der Waals surface area contributed by atoms with E-state index in [1.165, 1.54) is 25.7 Å². The molecule has 0 rings (SSSR count).